The fourth-order valence-electron chi connectivity index (χ4n) is 2.76. The molecule has 3 rings (SSSR count). The molecule has 0 aliphatic carbocycles. The zero-order chi connectivity index (χ0) is 15.0. The van der Waals surface area contributed by atoms with Crippen LogP contribution in [0.4, 0.5) is 5.69 Å². The van der Waals surface area contributed by atoms with Crippen molar-refractivity contribution in [3.05, 3.63) is 47.8 Å². The van der Waals surface area contributed by atoms with Gasteiger partial charge in [0.25, 0.3) is 5.91 Å². The standard InChI is InChI=1S/C16H17N3O2/c1-11-8-12(2)19(17-11)16(21)13-9-15(20)18(10-13)14-6-4-3-5-7-14/h3-8,13H,9-10H2,1-2H3/t13-/m0/s1. The summed E-state index contributed by atoms with van der Waals surface area (Å²) in [5, 5.41) is 4.21. The molecule has 0 saturated carbocycles. The molecule has 21 heavy (non-hydrogen) atoms. The van der Waals surface area contributed by atoms with E-state index in [1.807, 2.05) is 50.2 Å². The number of carbonyl (C=O) groups is 2. The first-order chi connectivity index (χ1) is 10.1. The summed E-state index contributed by atoms with van der Waals surface area (Å²) in [6, 6.07) is 11.3. The summed E-state index contributed by atoms with van der Waals surface area (Å²) in [6.45, 7) is 4.12. The van der Waals surface area contributed by atoms with Gasteiger partial charge in [0, 0.05) is 24.3 Å². The molecule has 1 aliphatic heterocycles. The van der Waals surface area contributed by atoms with Gasteiger partial charge in [0.1, 0.15) is 0 Å². The molecule has 108 valence electrons. The van der Waals surface area contributed by atoms with E-state index in [9.17, 15) is 9.59 Å². The number of rotatable bonds is 2. The van der Waals surface area contributed by atoms with Crippen molar-refractivity contribution >= 4 is 17.5 Å². The van der Waals surface area contributed by atoms with E-state index in [2.05, 4.69) is 5.10 Å². The van der Waals surface area contributed by atoms with Crippen molar-refractivity contribution in [2.75, 3.05) is 11.4 Å². The van der Waals surface area contributed by atoms with Crippen LogP contribution in [0, 0.1) is 19.8 Å². The molecule has 1 amide bonds. The lowest BCUT2D eigenvalue weighted by Crippen LogP contribution is -2.28. The topological polar surface area (TPSA) is 55.2 Å². The van der Waals surface area contributed by atoms with Crippen LogP contribution in [0.1, 0.15) is 22.6 Å². The normalized spacial score (nSPS) is 18.3. The van der Waals surface area contributed by atoms with Gasteiger partial charge in [0.15, 0.2) is 0 Å². The molecule has 1 aromatic carbocycles. The van der Waals surface area contributed by atoms with Crippen molar-refractivity contribution in [3.8, 4) is 0 Å². The van der Waals surface area contributed by atoms with Crippen LogP contribution in [-0.2, 0) is 4.79 Å². The van der Waals surface area contributed by atoms with Crippen LogP contribution in [0.5, 0.6) is 0 Å². The largest absolute Gasteiger partial charge is 0.312 e. The third-order valence-corrected chi connectivity index (χ3v) is 3.76. The Hall–Kier alpha value is -2.43. The average molecular weight is 283 g/mol. The highest BCUT2D eigenvalue weighted by molar-refractivity contribution is 6.00. The van der Waals surface area contributed by atoms with Crippen LogP contribution in [0.3, 0.4) is 0 Å². The van der Waals surface area contributed by atoms with E-state index >= 15 is 0 Å². The minimum absolute atomic E-state index is 0.0129. The maximum atomic E-state index is 12.5. The molecule has 1 aromatic heterocycles. The van der Waals surface area contributed by atoms with Gasteiger partial charge in [-0.1, -0.05) is 18.2 Å². The maximum absolute atomic E-state index is 12.5. The van der Waals surface area contributed by atoms with Crippen molar-refractivity contribution in [1.82, 2.24) is 9.78 Å². The zero-order valence-electron chi connectivity index (χ0n) is 12.1. The minimum atomic E-state index is -0.337. The van der Waals surface area contributed by atoms with Crippen LogP contribution < -0.4 is 4.90 Å². The fourth-order valence-corrected chi connectivity index (χ4v) is 2.76. The van der Waals surface area contributed by atoms with Gasteiger partial charge in [-0.25, -0.2) is 4.68 Å². The van der Waals surface area contributed by atoms with E-state index < -0.39 is 0 Å². The highest BCUT2D eigenvalue weighted by Crippen LogP contribution is 2.26. The quantitative estimate of drug-likeness (QED) is 0.849. The van der Waals surface area contributed by atoms with Gasteiger partial charge in [-0.2, -0.15) is 5.10 Å². The Labute approximate surface area is 123 Å². The first kappa shape index (κ1) is 13.5. The lowest BCUT2D eigenvalue weighted by atomic mass is 10.1. The van der Waals surface area contributed by atoms with Gasteiger partial charge in [-0.15, -0.1) is 0 Å². The molecule has 0 spiro atoms. The molecule has 1 fully saturated rings. The van der Waals surface area contributed by atoms with E-state index in [4.69, 9.17) is 0 Å². The Balaban J connectivity index is 1.81. The molecular weight excluding hydrogens is 266 g/mol. The molecule has 0 bridgehead atoms. The van der Waals surface area contributed by atoms with Crippen LogP contribution >= 0.6 is 0 Å². The third kappa shape index (κ3) is 2.46. The predicted molar refractivity (Wildman–Crippen MR) is 79.2 cm³/mol. The number of aryl methyl sites for hydroxylation is 2. The first-order valence-electron chi connectivity index (χ1n) is 6.99. The molecule has 2 heterocycles. The molecule has 1 aliphatic rings. The molecular formula is C16H17N3O2. The fraction of sp³-hybridized carbons (Fsp3) is 0.312. The summed E-state index contributed by atoms with van der Waals surface area (Å²) in [5.41, 5.74) is 2.46. The Morgan fingerprint density at radius 2 is 1.95 bits per heavy atom. The SMILES string of the molecule is Cc1cc(C)n(C(=O)[C@H]2CC(=O)N(c3ccccc3)C2)n1. The Kier molecular flexibility index (Phi) is 3.33. The summed E-state index contributed by atoms with van der Waals surface area (Å²) in [4.78, 5) is 26.4. The predicted octanol–water partition coefficient (Wildman–Crippen LogP) is 2.19. The van der Waals surface area contributed by atoms with Gasteiger partial charge in [-0.05, 0) is 32.0 Å². The van der Waals surface area contributed by atoms with Crippen LogP contribution in [0.2, 0.25) is 0 Å². The van der Waals surface area contributed by atoms with E-state index in [-0.39, 0.29) is 24.2 Å². The second-order valence-corrected chi connectivity index (χ2v) is 5.42. The molecule has 2 aromatic rings. The molecule has 5 heteroatoms. The number of hydrogen-bond acceptors (Lipinski definition) is 3. The number of amides is 1. The molecule has 0 unspecified atom stereocenters. The van der Waals surface area contributed by atoms with E-state index in [1.54, 1.807) is 4.90 Å². The van der Waals surface area contributed by atoms with E-state index in [1.165, 1.54) is 4.68 Å². The van der Waals surface area contributed by atoms with Crippen LogP contribution in [0.25, 0.3) is 0 Å². The van der Waals surface area contributed by atoms with Crippen LogP contribution in [-0.4, -0.2) is 28.1 Å². The Bertz CT molecular complexity index is 691. The Morgan fingerprint density at radius 3 is 2.57 bits per heavy atom. The van der Waals surface area contributed by atoms with Crippen molar-refractivity contribution in [3.63, 3.8) is 0 Å². The maximum Gasteiger partial charge on any atom is 0.252 e. The summed E-state index contributed by atoms with van der Waals surface area (Å²) < 4.78 is 1.42. The highest BCUT2D eigenvalue weighted by Gasteiger charge is 2.36. The van der Waals surface area contributed by atoms with Gasteiger partial charge >= 0.3 is 0 Å². The van der Waals surface area contributed by atoms with E-state index in [0.717, 1.165) is 17.1 Å². The number of carbonyl (C=O) groups excluding carboxylic acids is 2. The number of anilines is 1. The lowest BCUT2D eigenvalue weighted by Gasteiger charge is -2.16. The van der Waals surface area contributed by atoms with E-state index in [0.29, 0.717) is 6.54 Å². The second-order valence-electron chi connectivity index (χ2n) is 5.42. The summed E-state index contributed by atoms with van der Waals surface area (Å²) in [5.74, 6) is -0.454. The molecule has 0 N–H and O–H groups in total. The number of benzene rings is 1. The lowest BCUT2D eigenvalue weighted by molar-refractivity contribution is -0.117. The van der Waals surface area contributed by atoms with Crippen molar-refractivity contribution < 1.29 is 9.59 Å². The summed E-state index contributed by atoms with van der Waals surface area (Å²) in [6.07, 6.45) is 0.242. The smallest absolute Gasteiger partial charge is 0.252 e. The molecule has 1 atom stereocenters. The number of para-hydroxylation sites is 1. The van der Waals surface area contributed by atoms with Gasteiger partial charge in [0.2, 0.25) is 5.91 Å². The van der Waals surface area contributed by atoms with Gasteiger partial charge in [-0.3, -0.25) is 9.59 Å². The monoisotopic (exact) mass is 283 g/mol. The third-order valence-electron chi connectivity index (χ3n) is 3.76. The summed E-state index contributed by atoms with van der Waals surface area (Å²) in [7, 11) is 0. The number of aromatic nitrogens is 2. The van der Waals surface area contributed by atoms with Gasteiger partial charge < -0.3 is 4.90 Å². The molecule has 0 radical (unpaired) electrons. The zero-order valence-corrected chi connectivity index (χ0v) is 12.1. The molecule has 5 nitrogen and oxygen atoms in total. The van der Waals surface area contributed by atoms with Crippen molar-refractivity contribution in [2.24, 2.45) is 5.92 Å². The first-order valence-corrected chi connectivity index (χ1v) is 6.99. The van der Waals surface area contributed by atoms with Gasteiger partial charge in [0.05, 0.1) is 11.6 Å². The highest BCUT2D eigenvalue weighted by atomic mass is 16.2. The minimum Gasteiger partial charge on any atom is -0.312 e. The average Bonchev–Trinajstić information content (AvgIpc) is 3.02. The second kappa shape index (κ2) is 5.16. The van der Waals surface area contributed by atoms with Crippen LogP contribution in [0.15, 0.2) is 36.4 Å². The number of nitrogens with zero attached hydrogens (tertiary/aromatic N) is 3. The molecule has 1 saturated heterocycles. The van der Waals surface area contributed by atoms with Crippen molar-refractivity contribution in [2.45, 2.75) is 20.3 Å². The summed E-state index contributed by atoms with van der Waals surface area (Å²) >= 11 is 0. The number of hydrogen-bond donors (Lipinski definition) is 0. The Morgan fingerprint density at radius 1 is 1.24 bits per heavy atom. The van der Waals surface area contributed by atoms with Crippen molar-refractivity contribution in [1.29, 1.82) is 0 Å².